The predicted molar refractivity (Wildman–Crippen MR) is 138 cm³/mol. The standard InChI is InChI=1S/C23H31N7O4S/c1-5-34-29-23(31)18-14-26-22(27-17(12-24)13-25-2)11-20(18)28-19-9-8-16(15-6-7-15)10-21(19)30(3)35(4,32)33/h8-15,24-25H,5-7H2,1-4H3,(H,29,31)(H2,26,27,28)/b17-13+,24-12?. The molecular formula is C23H31N7O4S. The number of allylic oxidation sites excluding steroid dienone is 1. The molecule has 2 aromatic rings. The molecule has 35 heavy (non-hydrogen) atoms. The molecule has 11 nitrogen and oxygen atoms in total. The average molecular weight is 502 g/mol. The molecular weight excluding hydrogens is 470 g/mol. The number of rotatable bonds is 12. The van der Waals surface area contributed by atoms with Crippen LogP contribution >= 0.6 is 0 Å². The highest BCUT2D eigenvalue weighted by molar-refractivity contribution is 7.92. The fraction of sp³-hybridized carbons (Fsp3) is 0.348. The summed E-state index contributed by atoms with van der Waals surface area (Å²) in [4.78, 5) is 22.1. The normalized spacial score (nSPS) is 13.7. The molecule has 1 amide bonds. The lowest BCUT2D eigenvalue weighted by molar-refractivity contribution is 0.0365. The zero-order valence-corrected chi connectivity index (χ0v) is 21.0. The second-order valence-corrected chi connectivity index (χ2v) is 10.1. The molecule has 1 heterocycles. The number of hydroxylamine groups is 1. The molecule has 1 saturated carbocycles. The summed E-state index contributed by atoms with van der Waals surface area (Å²) < 4.78 is 25.9. The first kappa shape index (κ1) is 26.0. The lowest BCUT2D eigenvalue weighted by Gasteiger charge is -2.23. The van der Waals surface area contributed by atoms with Gasteiger partial charge in [-0.1, -0.05) is 6.07 Å². The Balaban J connectivity index is 2.06. The van der Waals surface area contributed by atoms with E-state index in [0.717, 1.165) is 30.9 Å². The molecule has 1 aliphatic rings. The summed E-state index contributed by atoms with van der Waals surface area (Å²) in [7, 11) is -0.335. The molecule has 5 N–H and O–H groups in total. The Bertz CT molecular complexity index is 1230. The Morgan fingerprint density at radius 1 is 1.29 bits per heavy atom. The van der Waals surface area contributed by atoms with Gasteiger partial charge in [0.2, 0.25) is 10.0 Å². The molecule has 1 aliphatic carbocycles. The van der Waals surface area contributed by atoms with Gasteiger partial charge in [0.25, 0.3) is 5.91 Å². The summed E-state index contributed by atoms with van der Waals surface area (Å²) in [6.45, 7) is 2.03. The number of nitrogens with one attached hydrogen (secondary N) is 5. The van der Waals surface area contributed by atoms with Crippen molar-refractivity contribution in [2.75, 3.05) is 41.9 Å². The number of carbonyl (C=O) groups is 1. The molecule has 1 aromatic carbocycles. The Morgan fingerprint density at radius 2 is 2.03 bits per heavy atom. The van der Waals surface area contributed by atoms with Crippen LogP contribution in [0.25, 0.3) is 0 Å². The second kappa shape index (κ2) is 11.2. The van der Waals surface area contributed by atoms with E-state index in [9.17, 15) is 13.2 Å². The monoisotopic (exact) mass is 501 g/mol. The van der Waals surface area contributed by atoms with Crippen LogP contribution in [0.3, 0.4) is 0 Å². The van der Waals surface area contributed by atoms with Crippen molar-refractivity contribution in [3.8, 4) is 0 Å². The van der Waals surface area contributed by atoms with Crippen LogP contribution in [0.2, 0.25) is 0 Å². The lowest BCUT2D eigenvalue weighted by atomic mass is 10.1. The van der Waals surface area contributed by atoms with Crippen molar-refractivity contribution in [2.45, 2.75) is 25.7 Å². The Morgan fingerprint density at radius 3 is 2.63 bits per heavy atom. The van der Waals surface area contributed by atoms with Gasteiger partial charge in [0, 0.05) is 38.8 Å². The van der Waals surface area contributed by atoms with Gasteiger partial charge in [-0.05, 0) is 43.4 Å². The van der Waals surface area contributed by atoms with Crippen LogP contribution in [0.4, 0.5) is 22.9 Å². The Labute approximate surface area is 205 Å². The number of anilines is 4. The van der Waals surface area contributed by atoms with E-state index in [1.165, 1.54) is 17.5 Å². The van der Waals surface area contributed by atoms with Crippen LogP contribution in [0.15, 0.2) is 42.4 Å². The van der Waals surface area contributed by atoms with Crippen molar-refractivity contribution in [3.05, 3.63) is 53.5 Å². The molecule has 3 rings (SSSR count). The quantitative estimate of drug-likeness (QED) is 0.220. The highest BCUT2D eigenvalue weighted by Crippen LogP contribution is 2.43. The molecule has 1 fully saturated rings. The summed E-state index contributed by atoms with van der Waals surface area (Å²) in [5.74, 6) is 0.288. The summed E-state index contributed by atoms with van der Waals surface area (Å²) in [5.41, 5.74) is 5.41. The molecule has 188 valence electrons. The van der Waals surface area contributed by atoms with Gasteiger partial charge in [0.15, 0.2) is 0 Å². The fourth-order valence-electron chi connectivity index (χ4n) is 3.33. The van der Waals surface area contributed by atoms with E-state index >= 15 is 0 Å². The largest absolute Gasteiger partial charge is 0.392 e. The highest BCUT2D eigenvalue weighted by Gasteiger charge is 2.26. The number of carbonyl (C=O) groups excluding carboxylic acids is 1. The lowest BCUT2D eigenvalue weighted by Crippen LogP contribution is -2.26. The zero-order chi connectivity index (χ0) is 25.6. The van der Waals surface area contributed by atoms with E-state index < -0.39 is 15.9 Å². The SMILES string of the molecule is CCONC(=O)c1cnc(N/C(C=N)=C/NC)cc1Nc1ccc(C2CC2)cc1N(C)S(C)(=O)=O. The minimum Gasteiger partial charge on any atom is -0.392 e. The molecule has 0 atom stereocenters. The van der Waals surface area contributed by atoms with Gasteiger partial charge < -0.3 is 21.4 Å². The summed E-state index contributed by atoms with van der Waals surface area (Å²) in [6.07, 6.45) is 7.38. The number of sulfonamides is 1. The molecule has 0 spiro atoms. The van der Waals surface area contributed by atoms with Crippen LogP contribution in [0.1, 0.15) is 41.6 Å². The van der Waals surface area contributed by atoms with E-state index in [2.05, 4.69) is 26.4 Å². The number of amides is 1. The van der Waals surface area contributed by atoms with E-state index in [0.29, 0.717) is 34.5 Å². The molecule has 12 heteroatoms. The van der Waals surface area contributed by atoms with Crippen molar-refractivity contribution >= 4 is 45.0 Å². The number of aromatic nitrogens is 1. The van der Waals surface area contributed by atoms with Crippen LogP contribution < -0.4 is 25.7 Å². The molecule has 0 bridgehead atoms. The third-order valence-corrected chi connectivity index (χ3v) is 6.55. The maximum absolute atomic E-state index is 12.7. The number of nitrogens with zero attached hydrogens (tertiary/aromatic N) is 2. The molecule has 1 aromatic heterocycles. The molecule has 0 aliphatic heterocycles. The fourth-order valence-corrected chi connectivity index (χ4v) is 3.84. The van der Waals surface area contributed by atoms with Crippen molar-refractivity contribution in [2.24, 2.45) is 0 Å². The van der Waals surface area contributed by atoms with Gasteiger partial charge in [-0.25, -0.2) is 18.9 Å². The number of hydrogen-bond donors (Lipinski definition) is 5. The third kappa shape index (κ3) is 6.70. The van der Waals surface area contributed by atoms with Gasteiger partial charge in [-0.3, -0.25) is 13.9 Å². The topological polar surface area (TPSA) is 149 Å². The maximum Gasteiger partial charge on any atom is 0.278 e. The van der Waals surface area contributed by atoms with Crippen molar-refractivity contribution in [3.63, 3.8) is 0 Å². The van der Waals surface area contributed by atoms with Crippen LogP contribution in [-0.4, -0.2) is 52.5 Å². The molecule has 0 radical (unpaired) electrons. The van der Waals surface area contributed by atoms with E-state index in [1.54, 1.807) is 26.2 Å². The minimum absolute atomic E-state index is 0.192. The third-order valence-electron chi connectivity index (χ3n) is 5.36. The number of pyridine rings is 1. The molecule has 0 saturated heterocycles. The van der Waals surface area contributed by atoms with Crippen LogP contribution in [0.5, 0.6) is 0 Å². The van der Waals surface area contributed by atoms with Gasteiger partial charge in [0.05, 0.1) is 41.2 Å². The second-order valence-electron chi connectivity index (χ2n) is 8.04. The zero-order valence-electron chi connectivity index (χ0n) is 20.2. The number of benzene rings is 1. The highest BCUT2D eigenvalue weighted by atomic mass is 32.2. The van der Waals surface area contributed by atoms with E-state index in [4.69, 9.17) is 10.2 Å². The first-order valence-corrected chi connectivity index (χ1v) is 12.9. The smallest absolute Gasteiger partial charge is 0.278 e. The van der Waals surface area contributed by atoms with E-state index in [-0.39, 0.29) is 12.2 Å². The van der Waals surface area contributed by atoms with Crippen LogP contribution in [-0.2, 0) is 14.9 Å². The minimum atomic E-state index is -3.53. The van der Waals surface area contributed by atoms with Gasteiger partial charge in [-0.15, -0.1) is 0 Å². The first-order chi connectivity index (χ1) is 16.7. The number of hydrogen-bond acceptors (Lipinski definition) is 9. The van der Waals surface area contributed by atoms with Gasteiger partial charge >= 0.3 is 0 Å². The van der Waals surface area contributed by atoms with Crippen LogP contribution in [0, 0.1) is 5.41 Å². The van der Waals surface area contributed by atoms with Crippen molar-refractivity contribution in [1.82, 2.24) is 15.8 Å². The average Bonchev–Trinajstić information content (AvgIpc) is 3.67. The van der Waals surface area contributed by atoms with Gasteiger partial charge in [0.1, 0.15) is 5.82 Å². The maximum atomic E-state index is 12.7. The summed E-state index contributed by atoms with van der Waals surface area (Å²) in [5, 5.41) is 16.6. The van der Waals surface area contributed by atoms with Crippen molar-refractivity contribution in [1.29, 1.82) is 5.41 Å². The van der Waals surface area contributed by atoms with E-state index in [1.807, 2.05) is 18.2 Å². The summed E-state index contributed by atoms with van der Waals surface area (Å²) >= 11 is 0. The Hall–Kier alpha value is -3.64. The van der Waals surface area contributed by atoms with Crippen molar-refractivity contribution < 1.29 is 18.0 Å². The predicted octanol–water partition coefficient (Wildman–Crippen LogP) is 2.90. The summed E-state index contributed by atoms with van der Waals surface area (Å²) in [6, 6.07) is 7.24. The first-order valence-electron chi connectivity index (χ1n) is 11.1. The Kier molecular flexibility index (Phi) is 8.30. The van der Waals surface area contributed by atoms with Gasteiger partial charge in [-0.2, -0.15) is 0 Å². The molecule has 0 unspecified atom stereocenters.